The lowest BCUT2D eigenvalue weighted by Gasteiger charge is -2.39. The molecule has 21 heavy (non-hydrogen) atoms. The molecule has 0 saturated carbocycles. The number of aliphatic hydroxyl groups is 1. The number of hydrogen-bond donors (Lipinski definition) is 1. The summed E-state index contributed by atoms with van der Waals surface area (Å²) in [5, 5.41) is 9.37. The maximum absolute atomic E-state index is 12.5. The van der Waals surface area contributed by atoms with Crippen LogP contribution in [0.2, 0.25) is 0 Å². The van der Waals surface area contributed by atoms with Gasteiger partial charge in [-0.1, -0.05) is 6.92 Å². The summed E-state index contributed by atoms with van der Waals surface area (Å²) in [6.45, 7) is 14.8. The molecule has 5 heteroatoms. The van der Waals surface area contributed by atoms with Gasteiger partial charge in [-0.15, -0.1) is 0 Å². The molecule has 0 aromatic carbocycles. The van der Waals surface area contributed by atoms with Gasteiger partial charge in [0.2, 0.25) is 5.91 Å². The minimum Gasteiger partial charge on any atom is -0.395 e. The van der Waals surface area contributed by atoms with Crippen molar-refractivity contribution >= 4 is 5.91 Å². The Morgan fingerprint density at radius 1 is 1.10 bits per heavy atom. The monoisotopic (exact) mass is 299 g/mol. The Balaban J connectivity index is 2.46. The Morgan fingerprint density at radius 2 is 1.62 bits per heavy atom. The summed E-state index contributed by atoms with van der Waals surface area (Å²) in [6, 6.07) is 0.765. The van der Waals surface area contributed by atoms with Gasteiger partial charge in [-0.25, -0.2) is 0 Å². The van der Waals surface area contributed by atoms with Crippen LogP contribution in [0.4, 0.5) is 0 Å². The van der Waals surface area contributed by atoms with Crippen molar-refractivity contribution < 1.29 is 9.90 Å². The van der Waals surface area contributed by atoms with Gasteiger partial charge < -0.3 is 10.0 Å². The average Bonchev–Trinajstić information content (AvgIpc) is 2.41. The molecule has 1 aliphatic rings. The van der Waals surface area contributed by atoms with Crippen LogP contribution < -0.4 is 0 Å². The van der Waals surface area contributed by atoms with Crippen molar-refractivity contribution in [1.29, 1.82) is 0 Å². The van der Waals surface area contributed by atoms with Crippen molar-refractivity contribution in [3.8, 4) is 0 Å². The number of rotatable bonds is 7. The quantitative estimate of drug-likeness (QED) is 0.762. The fourth-order valence-electron chi connectivity index (χ4n) is 3.23. The van der Waals surface area contributed by atoms with Crippen molar-refractivity contribution in [1.82, 2.24) is 14.7 Å². The van der Waals surface area contributed by atoms with Crippen LogP contribution in [-0.2, 0) is 4.79 Å². The summed E-state index contributed by atoms with van der Waals surface area (Å²) in [4.78, 5) is 19.0. The third-order valence-corrected chi connectivity index (χ3v) is 4.36. The molecule has 0 aliphatic carbocycles. The molecule has 1 saturated heterocycles. The molecule has 1 heterocycles. The third kappa shape index (κ3) is 5.24. The van der Waals surface area contributed by atoms with E-state index in [4.69, 9.17) is 0 Å². The van der Waals surface area contributed by atoms with Crippen LogP contribution in [0.1, 0.15) is 41.0 Å². The number of aliphatic hydroxyl groups excluding tert-OH is 1. The fraction of sp³-hybridized carbons (Fsp3) is 0.938. The van der Waals surface area contributed by atoms with E-state index >= 15 is 0 Å². The van der Waals surface area contributed by atoms with Crippen molar-refractivity contribution in [2.24, 2.45) is 0 Å². The Hall–Kier alpha value is -0.650. The third-order valence-electron chi connectivity index (χ3n) is 4.36. The van der Waals surface area contributed by atoms with Gasteiger partial charge in [0, 0.05) is 44.3 Å². The van der Waals surface area contributed by atoms with E-state index in [1.165, 1.54) is 0 Å². The molecule has 0 spiro atoms. The molecular formula is C16H33N3O2. The van der Waals surface area contributed by atoms with E-state index in [1.54, 1.807) is 0 Å². The molecule has 1 unspecified atom stereocenters. The maximum Gasteiger partial charge on any atom is 0.237 e. The second kappa shape index (κ2) is 8.71. The van der Waals surface area contributed by atoms with Crippen LogP contribution in [0, 0.1) is 0 Å². The number of carbonyl (C=O) groups excluding carboxylic acids is 1. The largest absolute Gasteiger partial charge is 0.395 e. The number of piperazine rings is 1. The average molecular weight is 299 g/mol. The van der Waals surface area contributed by atoms with Gasteiger partial charge >= 0.3 is 0 Å². The van der Waals surface area contributed by atoms with E-state index in [2.05, 4.69) is 44.4 Å². The molecule has 5 nitrogen and oxygen atoms in total. The summed E-state index contributed by atoms with van der Waals surface area (Å²) in [5.74, 6) is 0.225. The molecule has 0 bridgehead atoms. The van der Waals surface area contributed by atoms with Crippen LogP contribution in [0.5, 0.6) is 0 Å². The zero-order chi connectivity index (χ0) is 16.0. The molecule has 0 aromatic heterocycles. The molecule has 1 N–H and O–H groups in total. The van der Waals surface area contributed by atoms with Crippen molar-refractivity contribution in [3.63, 3.8) is 0 Å². The first-order chi connectivity index (χ1) is 9.90. The first-order valence-electron chi connectivity index (χ1n) is 8.29. The van der Waals surface area contributed by atoms with Gasteiger partial charge in [0.1, 0.15) is 0 Å². The SMILES string of the molecule is CCC(CO)N1CCN(CC(=O)N(C(C)C)C(C)C)CC1. The molecule has 1 atom stereocenters. The first kappa shape index (κ1) is 18.4. The van der Waals surface area contributed by atoms with Crippen LogP contribution in [-0.4, -0.2) is 83.2 Å². The fourth-order valence-corrected chi connectivity index (χ4v) is 3.23. The van der Waals surface area contributed by atoms with Crippen molar-refractivity contribution in [3.05, 3.63) is 0 Å². The summed E-state index contributed by atoms with van der Waals surface area (Å²) >= 11 is 0. The zero-order valence-electron chi connectivity index (χ0n) is 14.4. The molecule has 1 rings (SSSR count). The zero-order valence-corrected chi connectivity index (χ0v) is 14.4. The van der Waals surface area contributed by atoms with E-state index in [9.17, 15) is 9.90 Å². The predicted molar refractivity (Wildman–Crippen MR) is 86.3 cm³/mol. The van der Waals surface area contributed by atoms with E-state index in [0.717, 1.165) is 32.6 Å². The molecule has 0 aromatic rings. The standard InChI is InChI=1S/C16H33N3O2/c1-6-15(12-20)18-9-7-17(8-10-18)11-16(21)19(13(2)3)14(4)5/h13-15,20H,6-12H2,1-5H3. The minimum absolute atomic E-state index is 0.225. The minimum atomic E-state index is 0.225. The normalized spacial score (nSPS) is 19.2. The topological polar surface area (TPSA) is 47.0 Å². The summed E-state index contributed by atoms with van der Waals surface area (Å²) in [5.41, 5.74) is 0. The van der Waals surface area contributed by atoms with Gasteiger partial charge in [-0.3, -0.25) is 14.6 Å². The highest BCUT2D eigenvalue weighted by atomic mass is 16.3. The lowest BCUT2D eigenvalue weighted by Crippen LogP contribution is -2.54. The summed E-state index contributed by atoms with van der Waals surface area (Å²) in [7, 11) is 0. The Morgan fingerprint density at radius 3 is 2.00 bits per heavy atom. The van der Waals surface area contributed by atoms with E-state index < -0.39 is 0 Å². The Kier molecular flexibility index (Phi) is 7.63. The second-order valence-corrected chi connectivity index (χ2v) is 6.55. The lowest BCUT2D eigenvalue weighted by atomic mass is 10.1. The molecule has 1 aliphatic heterocycles. The van der Waals surface area contributed by atoms with E-state index in [1.807, 2.05) is 4.90 Å². The van der Waals surface area contributed by atoms with Crippen LogP contribution in [0.25, 0.3) is 0 Å². The Bertz CT molecular complexity index is 301. The number of nitrogens with zero attached hydrogens (tertiary/aromatic N) is 3. The van der Waals surface area contributed by atoms with Crippen molar-refractivity contribution in [2.45, 2.75) is 59.2 Å². The smallest absolute Gasteiger partial charge is 0.237 e. The number of amides is 1. The van der Waals surface area contributed by atoms with Gasteiger partial charge in [-0.2, -0.15) is 0 Å². The van der Waals surface area contributed by atoms with Crippen LogP contribution >= 0.6 is 0 Å². The van der Waals surface area contributed by atoms with Gasteiger partial charge in [0.25, 0.3) is 0 Å². The molecule has 1 fully saturated rings. The van der Waals surface area contributed by atoms with E-state index in [-0.39, 0.29) is 30.6 Å². The Labute approximate surface area is 129 Å². The van der Waals surface area contributed by atoms with Crippen LogP contribution in [0.3, 0.4) is 0 Å². The number of hydrogen-bond acceptors (Lipinski definition) is 4. The molecular weight excluding hydrogens is 266 g/mol. The molecule has 0 radical (unpaired) electrons. The molecule has 124 valence electrons. The highest BCUT2D eigenvalue weighted by molar-refractivity contribution is 5.78. The maximum atomic E-state index is 12.5. The number of carbonyl (C=O) groups is 1. The lowest BCUT2D eigenvalue weighted by molar-refractivity contribution is -0.136. The van der Waals surface area contributed by atoms with Gasteiger partial charge in [-0.05, 0) is 34.1 Å². The van der Waals surface area contributed by atoms with Crippen LogP contribution in [0.15, 0.2) is 0 Å². The second-order valence-electron chi connectivity index (χ2n) is 6.55. The molecule has 1 amide bonds. The predicted octanol–water partition coefficient (Wildman–Crippen LogP) is 1.02. The summed E-state index contributed by atoms with van der Waals surface area (Å²) < 4.78 is 0. The van der Waals surface area contributed by atoms with E-state index in [0.29, 0.717) is 6.54 Å². The highest BCUT2D eigenvalue weighted by Gasteiger charge is 2.26. The van der Waals surface area contributed by atoms with Crippen molar-refractivity contribution in [2.75, 3.05) is 39.3 Å². The summed E-state index contributed by atoms with van der Waals surface area (Å²) in [6.07, 6.45) is 0.976. The first-order valence-corrected chi connectivity index (χ1v) is 8.29. The highest BCUT2D eigenvalue weighted by Crippen LogP contribution is 2.11. The van der Waals surface area contributed by atoms with Gasteiger partial charge in [0.05, 0.1) is 13.2 Å². The van der Waals surface area contributed by atoms with Gasteiger partial charge in [0.15, 0.2) is 0 Å².